The fraction of sp³-hybridized carbons (Fsp3) is 0.333. The van der Waals surface area contributed by atoms with Crippen molar-refractivity contribution < 1.29 is 42.7 Å². The first kappa shape index (κ1) is 34.4. The highest BCUT2D eigenvalue weighted by Crippen LogP contribution is 2.52. The zero-order chi connectivity index (χ0) is 35.5. The number of benzene rings is 4. The first-order chi connectivity index (χ1) is 24.2. The second-order valence-electron chi connectivity index (χ2n) is 12.3. The number of amides is 1. The van der Waals surface area contributed by atoms with Gasteiger partial charge in [0.15, 0.2) is 34.5 Å². The predicted molar refractivity (Wildman–Crippen MR) is 188 cm³/mol. The molecule has 0 saturated heterocycles. The molecule has 0 unspecified atom stereocenters. The molecule has 2 aliphatic rings. The second kappa shape index (κ2) is 14.6. The number of fused-ring (bicyclic) bond motifs is 2. The Balaban J connectivity index is 1.47. The minimum absolute atomic E-state index is 0.0692. The number of likely N-dealkylation sites (N-methyl/N-ethyl adjacent to an activating group) is 2. The van der Waals surface area contributed by atoms with Crippen molar-refractivity contribution in [3.05, 3.63) is 88.0 Å². The fourth-order valence-corrected chi connectivity index (χ4v) is 6.75. The summed E-state index contributed by atoms with van der Waals surface area (Å²) >= 11 is 0. The molecule has 2 aliphatic heterocycles. The van der Waals surface area contributed by atoms with Crippen LogP contribution in [0.15, 0.2) is 54.6 Å². The number of nitrogens with zero attached hydrogens (tertiary/aromatic N) is 2. The van der Waals surface area contributed by atoms with Gasteiger partial charge < -0.3 is 38.1 Å². The summed E-state index contributed by atoms with van der Waals surface area (Å²) in [6.45, 7) is 1.41. The molecule has 0 fully saturated rings. The molecular formula is C39H42N2O9. The van der Waals surface area contributed by atoms with Crippen LogP contribution in [0.4, 0.5) is 0 Å². The van der Waals surface area contributed by atoms with Crippen molar-refractivity contribution in [2.45, 2.75) is 25.3 Å². The van der Waals surface area contributed by atoms with Gasteiger partial charge >= 0.3 is 0 Å². The van der Waals surface area contributed by atoms with E-state index in [1.54, 1.807) is 77.8 Å². The smallest absolute Gasteiger partial charge is 0.254 e. The Hall–Kier alpha value is -5.42. The Morgan fingerprint density at radius 1 is 0.680 bits per heavy atom. The monoisotopic (exact) mass is 682 g/mol. The highest BCUT2D eigenvalue weighted by molar-refractivity contribution is 5.97. The van der Waals surface area contributed by atoms with E-state index in [9.17, 15) is 9.59 Å². The van der Waals surface area contributed by atoms with Gasteiger partial charge in [0.1, 0.15) is 12.0 Å². The number of carbonyl (C=O) groups is 2. The average molecular weight is 683 g/mol. The van der Waals surface area contributed by atoms with Crippen molar-refractivity contribution in [1.82, 2.24) is 9.80 Å². The molecule has 0 aliphatic carbocycles. The van der Waals surface area contributed by atoms with E-state index in [4.69, 9.17) is 33.2 Å². The molecular weight excluding hydrogens is 640 g/mol. The molecule has 1 amide bonds. The summed E-state index contributed by atoms with van der Waals surface area (Å²) in [5.41, 5.74) is 4.88. The molecule has 50 heavy (non-hydrogen) atoms. The minimum Gasteiger partial charge on any atom is -0.493 e. The van der Waals surface area contributed by atoms with Gasteiger partial charge in [0, 0.05) is 48.4 Å². The molecule has 11 nitrogen and oxygen atoms in total. The molecule has 0 bridgehead atoms. The van der Waals surface area contributed by atoms with Crippen LogP contribution >= 0.6 is 0 Å². The summed E-state index contributed by atoms with van der Waals surface area (Å²) in [6.07, 6.45) is 2.76. The molecule has 0 radical (unpaired) electrons. The van der Waals surface area contributed by atoms with Gasteiger partial charge in [-0.25, -0.2) is 0 Å². The third kappa shape index (κ3) is 6.36. The van der Waals surface area contributed by atoms with Crippen LogP contribution < -0.4 is 33.2 Å². The molecule has 4 aromatic carbocycles. The molecule has 0 N–H and O–H groups in total. The molecule has 2 heterocycles. The Kier molecular flexibility index (Phi) is 10.1. The number of aldehydes is 1. The molecule has 262 valence electrons. The maximum absolute atomic E-state index is 13.2. The first-order valence-electron chi connectivity index (χ1n) is 16.3. The van der Waals surface area contributed by atoms with Crippen molar-refractivity contribution in [2.24, 2.45) is 0 Å². The molecule has 11 heteroatoms. The molecule has 1 atom stereocenters. The number of carbonyl (C=O) groups excluding carboxylic acids is 2. The van der Waals surface area contributed by atoms with Crippen LogP contribution in [0.3, 0.4) is 0 Å². The van der Waals surface area contributed by atoms with Gasteiger partial charge in [0.25, 0.3) is 5.91 Å². The second-order valence-corrected chi connectivity index (χ2v) is 12.3. The zero-order valence-electron chi connectivity index (χ0n) is 29.5. The van der Waals surface area contributed by atoms with Crippen LogP contribution in [0.25, 0.3) is 0 Å². The summed E-state index contributed by atoms with van der Waals surface area (Å²) in [4.78, 5) is 28.4. The van der Waals surface area contributed by atoms with E-state index in [1.807, 2.05) is 24.3 Å². The quantitative estimate of drug-likeness (QED) is 0.153. The van der Waals surface area contributed by atoms with Gasteiger partial charge in [-0.15, -0.1) is 0 Å². The normalized spacial score (nSPS) is 15.5. The van der Waals surface area contributed by atoms with E-state index in [0.29, 0.717) is 75.8 Å². The SMILES string of the molecule is COc1cc2c(cc1Oc1c(OC)c(OC)cc3c1[C@H](Cc1ccc(OC)c(Oc4ccc(C=O)cc4)c1OC)N(C)CC3)C(=O)N(C)CC2. The van der Waals surface area contributed by atoms with E-state index in [2.05, 4.69) is 11.9 Å². The van der Waals surface area contributed by atoms with Crippen molar-refractivity contribution >= 4 is 12.2 Å². The molecule has 0 spiro atoms. The maximum atomic E-state index is 13.2. The summed E-state index contributed by atoms with van der Waals surface area (Å²) in [5.74, 6) is 4.25. The van der Waals surface area contributed by atoms with Crippen LogP contribution in [-0.2, 0) is 19.3 Å². The third-order valence-electron chi connectivity index (χ3n) is 9.48. The third-order valence-corrected chi connectivity index (χ3v) is 9.48. The molecule has 0 aromatic heterocycles. The minimum atomic E-state index is -0.202. The van der Waals surface area contributed by atoms with E-state index in [0.717, 1.165) is 47.9 Å². The van der Waals surface area contributed by atoms with Crippen molar-refractivity contribution in [2.75, 3.05) is 62.7 Å². The lowest BCUT2D eigenvalue weighted by molar-refractivity contribution is 0.0780. The molecule has 0 saturated carbocycles. The van der Waals surface area contributed by atoms with Crippen LogP contribution in [-0.4, -0.2) is 84.7 Å². The van der Waals surface area contributed by atoms with Crippen LogP contribution in [0.2, 0.25) is 0 Å². The highest BCUT2D eigenvalue weighted by Gasteiger charge is 2.35. The number of rotatable bonds is 12. The van der Waals surface area contributed by atoms with Crippen LogP contribution in [0.5, 0.6) is 51.7 Å². The summed E-state index contributed by atoms with van der Waals surface area (Å²) in [7, 11) is 11.8. The van der Waals surface area contributed by atoms with Gasteiger partial charge in [-0.1, -0.05) is 6.07 Å². The highest BCUT2D eigenvalue weighted by atomic mass is 16.6. The lowest BCUT2D eigenvalue weighted by atomic mass is 9.87. The van der Waals surface area contributed by atoms with Crippen LogP contribution in [0.1, 0.15) is 49.0 Å². The van der Waals surface area contributed by atoms with E-state index in [-0.39, 0.29) is 11.9 Å². The van der Waals surface area contributed by atoms with Crippen molar-refractivity contribution in [3.8, 4) is 51.7 Å². The van der Waals surface area contributed by atoms with Crippen molar-refractivity contribution in [3.63, 3.8) is 0 Å². The lowest BCUT2D eigenvalue weighted by Crippen LogP contribution is -2.34. The number of methoxy groups -OCH3 is 5. The topological polar surface area (TPSA) is 105 Å². The van der Waals surface area contributed by atoms with Gasteiger partial charge in [-0.2, -0.15) is 0 Å². The van der Waals surface area contributed by atoms with Crippen molar-refractivity contribution in [1.29, 1.82) is 0 Å². The van der Waals surface area contributed by atoms with E-state index < -0.39 is 0 Å². The van der Waals surface area contributed by atoms with Crippen LogP contribution in [0, 0.1) is 0 Å². The fourth-order valence-electron chi connectivity index (χ4n) is 6.75. The summed E-state index contributed by atoms with van der Waals surface area (Å²) in [5, 5.41) is 0. The number of hydrogen-bond acceptors (Lipinski definition) is 10. The van der Waals surface area contributed by atoms with Gasteiger partial charge in [-0.3, -0.25) is 14.5 Å². The maximum Gasteiger partial charge on any atom is 0.254 e. The van der Waals surface area contributed by atoms with Gasteiger partial charge in [0.2, 0.25) is 11.5 Å². The average Bonchev–Trinajstić information content (AvgIpc) is 3.14. The Morgan fingerprint density at radius 3 is 2.02 bits per heavy atom. The summed E-state index contributed by atoms with van der Waals surface area (Å²) in [6, 6.07) is 16.1. The van der Waals surface area contributed by atoms with E-state index in [1.165, 1.54) is 0 Å². The Morgan fingerprint density at radius 2 is 1.36 bits per heavy atom. The molecule has 6 rings (SSSR count). The zero-order valence-corrected chi connectivity index (χ0v) is 29.5. The largest absolute Gasteiger partial charge is 0.493 e. The molecule has 4 aromatic rings. The van der Waals surface area contributed by atoms with Gasteiger partial charge in [0.05, 0.1) is 35.5 Å². The number of hydrogen-bond donors (Lipinski definition) is 0. The number of ether oxygens (including phenoxy) is 7. The van der Waals surface area contributed by atoms with E-state index >= 15 is 0 Å². The standard InChI is InChI=1S/C39H42N2O9/c1-40-16-15-25-20-33(46-5)36(48-7)38(50-32-21-28-24(19-31(32)45-4)14-17-41(2)39(28)43)34(25)29(40)18-26-10-13-30(44-3)37(35(26)47-6)49-27-11-8-23(22-42)9-12-27/h8-13,19-22,29H,14-18H2,1-7H3/t29-/m0/s1. The first-order valence-corrected chi connectivity index (χ1v) is 16.3. The Labute approximate surface area is 292 Å². The summed E-state index contributed by atoms with van der Waals surface area (Å²) < 4.78 is 42.4. The Bertz CT molecular complexity index is 1910. The van der Waals surface area contributed by atoms with Gasteiger partial charge in [-0.05, 0) is 86.0 Å². The lowest BCUT2D eigenvalue weighted by Gasteiger charge is -2.37. The predicted octanol–water partition coefficient (Wildman–Crippen LogP) is 6.53.